The van der Waals surface area contributed by atoms with Crippen molar-refractivity contribution in [3.63, 3.8) is 0 Å². The van der Waals surface area contributed by atoms with Crippen LogP contribution in [0.3, 0.4) is 0 Å². The number of carbonyl (C=O) groups is 1. The smallest absolute Gasteiger partial charge is 0.152 e. The van der Waals surface area contributed by atoms with Gasteiger partial charge in [-0.15, -0.1) is 0 Å². The molecule has 0 aromatic rings. The van der Waals surface area contributed by atoms with Gasteiger partial charge < -0.3 is 4.74 Å². The van der Waals surface area contributed by atoms with Gasteiger partial charge in [0.1, 0.15) is 0 Å². The minimum Gasteiger partial charge on any atom is -0.375 e. The molecule has 1 aliphatic carbocycles. The number of nitrogens with zero attached hydrogens (tertiary/aromatic N) is 1. The van der Waals surface area contributed by atoms with Crippen molar-refractivity contribution >= 4 is 5.78 Å². The van der Waals surface area contributed by atoms with E-state index in [1.807, 2.05) is 20.8 Å². The monoisotopic (exact) mass is 239 g/mol. The molecule has 17 heavy (non-hydrogen) atoms. The molecule has 1 aliphatic heterocycles. The van der Waals surface area contributed by atoms with Crippen LogP contribution in [-0.4, -0.2) is 42.5 Å². The van der Waals surface area contributed by atoms with Crippen molar-refractivity contribution in [3.05, 3.63) is 0 Å². The molecule has 2 atom stereocenters. The highest BCUT2D eigenvalue weighted by molar-refractivity contribution is 5.85. The lowest BCUT2D eigenvalue weighted by atomic mass is 9.87. The molecular weight excluding hydrogens is 214 g/mol. The summed E-state index contributed by atoms with van der Waals surface area (Å²) in [6.07, 6.45) is 5.31. The summed E-state index contributed by atoms with van der Waals surface area (Å²) in [7, 11) is 0. The van der Waals surface area contributed by atoms with E-state index in [-0.39, 0.29) is 5.41 Å². The summed E-state index contributed by atoms with van der Waals surface area (Å²) in [5.41, 5.74) is -0.220. The van der Waals surface area contributed by atoms with Gasteiger partial charge in [-0.05, 0) is 12.8 Å². The Morgan fingerprint density at radius 2 is 2.00 bits per heavy atom. The van der Waals surface area contributed by atoms with Gasteiger partial charge in [0.25, 0.3) is 0 Å². The number of fused-ring (bicyclic) bond motifs is 1. The minimum absolute atomic E-state index is 0.220. The van der Waals surface area contributed by atoms with Crippen molar-refractivity contribution in [2.45, 2.75) is 58.6 Å². The number of ketones is 1. The quantitative estimate of drug-likeness (QED) is 0.740. The van der Waals surface area contributed by atoms with Crippen LogP contribution in [-0.2, 0) is 9.53 Å². The van der Waals surface area contributed by atoms with E-state index in [0.717, 1.165) is 13.2 Å². The van der Waals surface area contributed by atoms with Crippen LogP contribution in [0.5, 0.6) is 0 Å². The molecular formula is C14H25NO2. The Bertz CT molecular complexity index is 280. The maximum atomic E-state index is 12.1. The standard InChI is InChI=1S/C14H25NO2/c1-14(2,3)13(16)10-15-8-9-17-12-7-5-4-6-11(12)15/h11-12H,4-10H2,1-3H3. The molecule has 3 nitrogen and oxygen atoms in total. The van der Waals surface area contributed by atoms with E-state index in [4.69, 9.17) is 4.74 Å². The van der Waals surface area contributed by atoms with Gasteiger partial charge in [-0.25, -0.2) is 0 Å². The average molecular weight is 239 g/mol. The van der Waals surface area contributed by atoms with Crippen LogP contribution in [0.25, 0.3) is 0 Å². The van der Waals surface area contributed by atoms with Crippen molar-refractivity contribution in [2.24, 2.45) is 5.41 Å². The topological polar surface area (TPSA) is 29.5 Å². The van der Waals surface area contributed by atoms with Crippen molar-refractivity contribution in [1.82, 2.24) is 4.90 Å². The largest absolute Gasteiger partial charge is 0.375 e. The third kappa shape index (κ3) is 3.08. The fourth-order valence-corrected chi connectivity index (χ4v) is 2.79. The predicted molar refractivity (Wildman–Crippen MR) is 68.0 cm³/mol. The molecule has 2 unspecified atom stereocenters. The Hall–Kier alpha value is -0.410. The van der Waals surface area contributed by atoms with Crippen LogP contribution in [0, 0.1) is 5.41 Å². The first kappa shape index (κ1) is 13.0. The number of rotatable bonds is 2. The minimum atomic E-state index is -0.220. The number of Topliss-reactive ketones (excluding diaryl/α,β-unsaturated/α-hetero) is 1. The fraction of sp³-hybridized carbons (Fsp3) is 0.929. The lowest BCUT2D eigenvalue weighted by Gasteiger charge is -2.44. The molecule has 3 heteroatoms. The van der Waals surface area contributed by atoms with Crippen molar-refractivity contribution in [1.29, 1.82) is 0 Å². The van der Waals surface area contributed by atoms with E-state index < -0.39 is 0 Å². The molecule has 0 bridgehead atoms. The molecule has 1 heterocycles. The number of morpholine rings is 1. The normalized spacial score (nSPS) is 31.0. The van der Waals surface area contributed by atoms with Crippen molar-refractivity contribution in [3.8, 4) is 0 Å². The Morgan fingerprint density at radius 3 is 2.71 bits per heavy atom. The van der Waals surface area contributed by atoms with Gasteiger partial charge in [0, 0.05) is 18.0 Å². The molecule has 0 radical (unpaired) electrons. The van der Waals surface area contributed by atoms with Gasteiger partial charge in [0.2, 0.25) is 0 Å². The lowest BCUT2D eigenvalue weighted by Crippen LogP contribution is -2.54. The highest BCUT2D eigenvalue weighted by Gasteiger charge is 2.36. The summed E-state index contributed by atoms with van der Waals surface area (Å²) >= 11 is 0. The summed E-state index contributed by atoms with van der Waals surface area (Å²) in [6.45, 7) is 8.34. The lowest BCUT2D eigenvalue weighted by molar-refractivity contribution is -0.134. The summed E-state index contributed by atoms with van der Waals surface area (Å²) in [5, 5.41) is 0. The zero-order valence-corrected chi connectivity index (χ0v) is 11.4. The fourth-order valence-electron chi connectivity index (χ4n) is 2.79. The average Bonchev–Trinajstić information content (AvgIpc) is 2.28. The van der Waals surface area contributed by atoms with Gasteiger partial charge in [0.15, 0.2) is 5.78 Å². The Labute approximate surface area is 105 Å². The first-order valence-electron chi connectivity index (χ1n) is 6.87. The van der Waals surface area contributed by atoms with E-state index >= 15 is 0 Å². The first-order chi connectivity index (χ1) is 7.98. The summed E-state index contributed by atoms with van der Waals surface area (Å²) in [5.74, 6) is 0.351. The second-order valence-corrected chi connectivity index (χ2v) is 6.40. The summed E-state index contributed by atoms with van der Waals surface area (Å²) in [4.78, 5) is 14.5. The van der Waals surface area contributed by atoms with E-state index in [0.29, 0.717) is 24.5 Å². The van der Waals surface area contributed by atoms with Gasteiger partial charge in [-0.3, -0.25) is 9.69 Å². The zero-order valence-electron chi connectivity index (χ0n) is 11.4. The van der Waals surface area contributed by atoms with Gasteiger partial charge in [0.05, 0.1) is 19.3 Å². The van der Waals surface area contributed by atoms with E-state index in [9.17, 15) is 4.79 Å². The van der Waals surface area contributed by atoms with Gasteiger partial charge >= 0.3 is 0 Å². The van der Waals surface area contributed by atoms with Gasteiger partial charge in [-0.2, -0.15) is 0 Å². The third-order valence-corrected chi connectivity index (χ3v) is 4.03. The van der Waals surface area contributed by atoms with E-state index in [1.54, 1.807) is 0 Å². The third-order valence-electron chi connectivity index (χ3n) is 4.03. The van der Waals surface area contributed by atoms with Gasteiger partial charge in [-0.1, -0.05) is 33.6 Å². The highest BCUT2D eigenvalue weighted by Crippen LogP contribution is 2.29. The summed E-state index contributed by atoms with van der Waals surface area (Å²) in [6, 6.07) is 0.490. The first-order valence-corrected chi connectivity index (χ1v) is 6.87. The van der Waals surface area contributed by atoms with Crippen LogP contribution < -0.4 is 0 Å². The van der Waals surface area contributed by atoms with Crippen LogP contribution in [0.4, 0.5) is 0 Å². The molecule has 2 aliphatic rings. The molecule has 0 spiro atoms. The zero-order chi connectivity index (χ0) is 12.5. The second kappa shape index (κ2) is 5.07. The molecule has 0 aromatic heterocycles. The molecule has 98 valence electrons. The Balaban J connectivity index is 1.97. The van der Waals surface area contributed by atoms with Crippen LogP contribution >= 0.6 is 0 Å². The maximum absolute atomic E-state index is 12.1. The Kier molecular flexibility index (Phi) is 3.88. The SMILES string of the molecule is CC(C)(C)C(=O)CN1CCOC2CCCCC21. The predicted octanol–water partition coefficient (Wildman–Crippen LogP) is 2.25. The summed E-state index contributed by atoms with van der Waals surface area (Å²) < 4.78 is 5.83. The second-order valence-electron chi connectivity index (χ2n) is 6.40. The molecule has 2 fully saturated rings. The van der Waals surface area contributed by atoms with Crippen LogP contribution in [0.15, 0.2) is 0 Å². The highest BCUT2D eigenvalue weighted by atomic mass is 16.5. The molecule has 2 rings (SSSR count). The number of carbonyl (C=O) groups excluding carboxylic acids is 1. The van der Waals surface area contributed by atoms with E-state index in [1.165, 1.54) is 25.7 Å². The molecule has 1 saturated carbocycles. The number of ether oxygens (including phenoxy) is 1. The maximum Gasteiger partial charge on any atom is 0.152 e. The number of hydrogen-bond acceptors (Lipinski definition) is 3. The van der Waals surface area contributed by atoms with Crippen LogP contribution in [0.1, 0.15) is 46.5 Å². The molecule has 0 amide bonds. The van der Waals surface area contributed by atoms with E-state index in [2.05, 4.69) is 4.90 Å². The molecule has 1 saturated heterocycles. The molecule has 0 N–H and O–H groups in total. The van der Waals surface area contributed by atoms with Crippen molar-refractivity contribution in [2.75, 3.05) is 19.7 Å². The molecule has 0 aromatic carbocycles. The Morgan fingerprint density at radius 1 is 1.29 bits per heavy atom. The van der Waals surface area contributed by atoms with Crippen molar-refractivity contribution < 1.29 is 9.53 Å². The van der Waals surface area contributed by atoms with Crippen LogP contribution in [0.2, 0.25) is 0 Å². The number of hydrogen-bond donors (Lipinski definition) is 0.